The van der Waals surface area contributed by atoms with E-state index >= 15 is 0 Å². The van der Waals surface area contributed by atoms with Gasteiger partial charge in [0.25, 0.3) is 5.91 Å². The number of amides is 1. The van der Waals surface area contributed by atoms with Crippen molar-refractivity contribution in [3.63, 3.8) is 0 Å². The highest BCUT2D eigenvalue weighted by Crippen LogP contribution is 2.15. The first-order chi connectivity index (χ1) is 10.9. The Balaban J connectivity index is 2.80. The van der Waals surface area contributed by atoms with E-state index in [1.54, 1.807) is 13.0 Å². The fraction of sp³-hybridized carbons (Fsp3) is 0.562. The number of sulfonamides is 1. The van der Waals surface area contributed by atoms with Crippen LogP contribution in [0.1, 0.15) is 42.6 Å². The van der Waals surface area contributed by atoms with Gasteiger partial charge in [0.2, 0.25) is 10.0 Å². The molecule has 2 N–H and O–H groups in total. The van der Waals surface area contributed by atoms with Gasteiger partial charge >= 0.3 is 0 Å². The number of carbonyl (C=O) groups excluding carboxylic acids is 1. The zero-order chi connectivity index (χ0) is 17.3. The number of hydrogen-bond donors (Lipinski definition) is 2. The van der Waals surface area contributed by atoms with E-state index in [0.717, 1.165) is 12.0 Å². The van der Waals surface area contributed by atoms with Gasteiger partial charge in [-0.15, -0.1) is 0 Å². The van der Waals surface area contributed by atoms with Crippen molar-refractivity contribution >= 4 is 15.9 Å². The van der Waals surface area contributed by atoms with Gasteiger partial charge < -0.3 is 10.1 Å². The van der Waals surface area contributed by atoms with Crippen LogP contribution in [0, 0.1) is 6.92 Å². The lowest BCUT2D eigenvalue weighted by atomic mass is 10.1. The number of nitrogens with one attached hydrogen (secondary N) is 2. The Bertz CT molecular complexity index is 615. The monoisotopic (exact) mass is 342 g/mol. The average molecular weight is 342 g/mol. The van der Waals surface area contributed by atoms with Crippen LogP contribution in [0.3, 0.4) is 0 Å². The van der Waals surface area contributed by atoms with E-state index in [-0.39, 0.29) is 10.8 Å². The van der Waals surface area contributed by atoms with E-state index in [1.165, 1.54) is 12.1 Å². The molecule has 0 aliphatic rings. The second-order valence-electron chi connectivity index (χ2n) is 5.18. The summed E-state index contributed by atoms with van der Waals surface area (Å²) in [5.41, 5.74) is 1.13. The quantitative estimate of drug-likeness (QED) is 0.636. The molecule has 0 radical (unpaired) electrons. The van der Waals surface area contributed by atoms with E-state index in [0.29, 0.717) is 38.3 Å². The summed E-state index contributed by atoms with van der Waals surface area (Å²) in [6.45, 7) is 7.62. The van der Waals surface area contributed by atoms with E-state index in [9.17, 15) is 13.2 Å². The van der Waals surface area contributed by atoms with E-state index in [2.05, 4.69) is 10.0 Å². The number of rotatable bonds is 10. The van der Waals surface area contributed by atoms with Gasteiger partial charge in [0.1, 0.15) is 0 Å². The molecule has 1 aromatic carbocycles. The van der Waals surface area contributed by atoms with Crippen molar-refractivity contribution in [3.8, 4) is 0 Å². The molecule has 0 atom stereocenters. The number of benzene rings is 1. The van der Waals surface area contributed by atoms with Crippen molar-refractivity contribution in [2.24, 2.45) is 0 Å². The van der Waals surface area contributed by atoms with E-state index in [1.807, 2.05) is 13.8 Å². The Kier molecular flexibility index (Phi) is 8.22. The molecule has 0 heterocycles. The average Bonchev–Trinajstić information content (AvgIpc) is 2.52. The Morgan fingerprint density at radius 1 is 1.22 bits per heavy atom. The zero-order valence-electron chi connectivity index (χ0n) is 14.0. The Labute approximate surface area is 138 Å². The normalized spacial score (nSPS) is 11.4. The Hall–Kier alpha value is -1.44. The molecule has 6 nitrogen and oxygen atoms in total. The molecule has 0 spiro atoms. The first-order valence-electron chi connectivity index (χ1n) is 7.88. The van der Waals surface area contributed by atoms with Gasteiger partial charge in [-0.25, -0.2) is 13.1 Å². The summed E-state index contributed by atoms with van der Waals surface area (Å²) in [6.07, 6.45) is 1.42. The molecule has 0 fully saturated rings. The molecular formula is C16H26N2O4S. The molecule has 1 rings (SSSR count). The predicted octanol–water partition coefficient (Wildman–Crippen LogP) is 1.84. The lowest BCUT2D eigenvalue weighted by Crippen LogP contribution is -2.27. The highest BCUT2D eigenvalue weighted by molar-refractivity contribution is 7.89. The van der Waals surface area contributed by atoms with Crippen LogP contribution in [-0.2, 0) is 14.8 Å². The molecule has 0 aromatic heterocycles. The molecule has 7 heteroatoms. The topological polar surface area (TPSA) is 84.5 Å². The van der Waals surface area contributed by atoms with Crippen LogP contribution in [0.5, 0.6) is 0 Å². The molecule has 0 aliphatic heterocycles. The van der Waals surface area contributed by atoms with Gasteiger partial charge in [0.15, 0.2) is 0 Å². The van der Waals surface area contributed by atoms with Gasteiger partial charge in [-0.2, -0.15) is 0 Å². The van der Waals surface area contributed by atoms with Crippen LogP contribution in [0.25, 0.3) is 0 Å². The van der Waals surface area contributed by atoms with Gasteiger partial charge in [0.05, 0.1) is 4.90 Å². The maximum atomic E-state index is 12.3. The SMILES string of the molecule is CCCNC(=O)c1cc(S(=O)(=O)NCCCOCC)ccc1C. The Morgan fingerprint density at radius 3 is 2.61 bits per heavy atom. The second-order valence-corrected chi connectivity index (χ2v) is 6.95. The summed E-state index contributed by atoms with van der Waals surface area (Å²) in [4.78, 5) is 12.2. The first kappa shape index (κ1) is 19.6. The third kappa shape index (κ3) is 6.29. The molecule has 1 amide bonds. The molecule has 0 bridgehead atoms. The highest BCUT2D eigenvalue weighted by Gasteiger charge is 2.17. The Morgan fingerprint density at radius 2 is 1.96 bits per heavy atom. The lowest BCUT2D eigenvalue weighted by Gasteiger charge is -2.11. The van der Waals surface area contributed by atoms with Crippen LogP contribution in [-0.4, -0.2) is 40.6 Å². The molecular weight excluding hydrogens is 316 g/mol. The lowest BCUT2D eigenvalue weighted by molar-refractivity contribution is 0.0953. The molecule has 1 aromatic rings. The standard InChI is InChI=1S/C16H26N2O4S/c1-4-9-17-16(19)15-12-14(8-7-13(15)3)23(20,21)18-10-6-11-22-5-2/h7-8,12,18H,4-6,9-11H2,1-3H3,(H,17,19). The molecule has 0 aliphatic carbocycles. The molecule has 0 unspecified atom stereocenters. The third-order valence-electron chi connectivity index (χ3n) is 3.26. The molecule has 0 saturated carbocycles. The number of aryl methyl sites for hydroxylation is 1. The van der Waals surface area contributed by atoms with Crippen LogP contribution >= 0.6 is 0 Å². The maximum Gasteiger partial charge on any atom is 0.251 e. The third-order valence-corrected chi connectivity index (χ3v) is 4.72. The van der Waals surface area contributed by atoms with E-state index < -0.39 is 10.0 Å². The maximum absolute atomic E-state index is 12.3. The smallest absolute Gasteiger partial charge is 0.251 e. The van der Waals surface area contributed by atoms with Crippen molar-refractivity contribution < 1.29 is 17.9 Å². The molecule has 23 heavy (non-hydrogen) atoms. The van der Waals surface area contributed by atoms with Crippen molar-refractivity contribution in [2.75, 3.05) is 26.3 Å². The summed E-state index contributed by atoms with van der Waals surface area (Å²) < 4.78 is 32.3. The van der Waals surface area contributed by atoms with Gasteiger partial charge in [0, 0.05) is 31.9 Å². The largest absolute Gasteiger partial charge is 0.382 e. The van der Waals surface area contributed by atoms with Crippen LogP contribution in [0.15, 0.2) is 23.1 Å². The van der Waals surface area contributed by atoms with Crippen LogP contribution < -0.4 is 10.0 Å². The summed E-state index contributed by atoms with van der Waals surface area (Å²) >= 11 is 0. The van der Waals surface area contributed by atoms with Crippen LogP contribution in [0.2, 0.25) is 0 Å². The number of carbonyl (C=O) groups is 1. The second kappa shape index (κ2) is 9.64. The first-order valence-corrected chi connectivity index (χ1v) is 9.37. The zero-order valence-corrected chi connectivity index (χ0v) is 14.8. The van der Waals surface area contributed by atoms with Crippen molar-refractivity contribution in [1.29, 1.82) is 0 Å². The van der Waals surface area contributed by atoms with Gasteiger partial charge in [-0.3, -0.25) is 4.79 Å². The van der Waals surface area contributed by atoms with Crippen molar-refractivity contribution in [3.05, 3.63) is 29.3 Å². The minimum Gasteiger partial charge on any atom is -0.382 e. The minimum absolute atomic E-state index is 0.0983. The van der Waals surface area contributed by atoms with Crippen molar-refractivity contribution in [2.45, 2.75) is 38.5 Å². The summed E-state index contributed by atoms with van der Waals surface area (Å²) in [5.74, 6) is -0.252. The van der Waals surface area contributed by atoms with E-state index in [4.69, 9.17) is 4.74 Å². The van der Waals surface area contributed by atoms with Gasteiger partial charge in [-0.1, -0.05) is 13.0 Å². The van der Waals surface area contributed by atoms with Crippen molar-refractivity contribution in [1.82, 2.24) is 10.0 Å². The highest BCUT2D eigenvalue weighted by atomic mass is 32.2. The predicted molar refractivity (Wildman–Crippen MR) is 90.1 cm³/mol. The summed E-state index contributed by atoms with van der Waals surface area (Å²) in [5, 5.41) is 2.76. The molecule has 0 saturated heterocycles. The fourth-order valence-electron chi connectivity index (χ4n) is 1.96. The number of ether oxygens (including phenoxy) is 1. The summed E-state index contributed by atoms with van der Waals surface area (Å²) in [7, 11) is -3.63. The summed E-state index contributed by atoms with van der Waals surface area (Å²) in [6, 6.07) is 4.58. The number of hydrogen-bond acceptors (Lipinski definition) is 4. The van der Waals surface area contributed by atoms with Crippen LogP contribution in [0.4, 0.5) is 0 Å². The van der Waals surface area contributed by atoms with Gasteiger partial charge in [-0.05, 0) is 44.4 Å². The minimum atomic E-state index is -3.63. The molecule has 130 valence electrons. The fourth-order valence-corrected chi connectivity index (χ4v) is 3.06.